The van der Waals surface area contributed by atoms with Gasteiger partial charge in [-0.1, -0.05) is 12.2 Å². The van der Waals surface area contributed by atoms with Crippen molar-refractivity contribution in [2.75, 3.05) is 0 Å². The number of allylic oxidation sites excluding steroid dienone is 1. The van der Waals surface area contributed by atoms with Crippen LogP contribution < -0.4 is 0 Å². The number of hydrogen-bond acceptors (Lipinski definition) is 1. The smallest absolute Gasteiger partial charge is 0.0413 e. The molecule has 0 saturated heterocycles. The van der Waals surface area contributed by atoms with Crippen molar-refractivity contribution in [1.29, 1.82) is 0 Å². The maximum atomic E-state index is 4.06. The van der Waals surface area contributed by atoms with Crippen LogP contribution in [0.15, 0.2) is 22.9 Å². The largest absolute Gasteiger partial charge is 0.263 e. The van der Waals surface area contributed by atoms with Gasteiger partial charge in [0.1, 0.15) is 0 Å². The highest BCUT2D eigenvalue weighted by atomic mass is 79.9. The number of hydrogen-bond donors (Lipinski definition) is 0. The number of pyridine rings is 1. The second-order valence-corrected chi connectivity index (χ2v) is 3.15. The van der Waals surface area contributed by atoms with Crippen molar-refractivity contribution in [2.24, 2.45) is 0 Å². The zero-order chi connectivity index (χ0) is 6.97. The molecule has 1 aromatic rings. The Labute approximate surface area is 67.9 Å². The van der Waals surface area contributed by atoms with Crippen LogP contribution in [0.2, 0.25) is 0 Å². The molecule has 1 nitrogen and oxygen atoms in total. The molecule has 50 valence electrons. The molecule has 0 aromatic carbocycles. The maximum Gasteiger partial charge on any atom is 0.0413 e. The van der Waals surface area contributed by atoms with E-state index in [-0.39, 0.29) is 0 Å². The number of fused-ring (bicyclic) bond motifs is 1. The van der Waals surface area contributed by atoms with Crippen molar-refractivity contribution >= 4 is 22.0 Å². The molecule has 0 saturated carbocycles. The summed E-state index contributed by atoms with van der Waals surface area (Å²) in [6.45, 7) is 0. The second-order valence-electron chi connectivity index (χ2n) is 2.30. The maximum absolute atomic E-state index is 4.06. The summed E-state index contributed by atoms with van der Waals surface area (Å²) in [7, 11) is 0. The predicted molar refractivity (Wildman–Crippen MR) is 44.7 cm³/mol. The fraction of sp³-hybridized carbons (Fsp3) is 0.125. The van der Waals surface area contributed by atoms with Crippen LogP contribution in [-0.2, 0) is 6.42 Å². The first-order valence-electron chi connectivity index (χ1n) is 3.17. The average Bonchev–Trinajstić information content (AvgIpc) is 2.36. The minimum Gasteiger partial charge on any atom is -0.263 e. The molecule has 1 aliphatic rings. The Bertz CT molecular complexity index is 291. The fourth-order valence-corrected chi connectivity index (χ4v) is 1.65. The first-order valence-corrected chi connectivity index (χ1v) is 3.96. The van der Waals surface area contributed by atoms with Crippen LogP contribution >= 0.6 is 15.9 Å². The van der Waals surface area contributed by atoms with Gasteiger partial charge in [0, 0.05) is 16.9 Å². The zero-order valence-electron chi connectivity index (χ0n) is 5.34. The molecule has 0 amide bonds. The number of aromatic nitrogens is 1. The van der Waals surface area contributed by atoms with Crippen molar-refractivity contribution in [1.82, 2.24) is 4.98 Å². The molecule has 0 bridgehead atoms. The molecule has 1 aliphatic carbocycles. The minimum absolute atomic E-state index is 1.04. The highest BCUT2D eigenvalue weighted by Crippen LogP contribution is 2.25. The Hall–Kier alpha value is -0.630. The molecule has 0 atom stereocenters. The lowest BCUT2D eigenvalue weighted by Crippen LogP contribution is -1.84. The van der Waals surface area contributed by atoms with Gasteiger partial charge < -0.3 is 0 Å². The summed E-state index contributed by atoms with van der Waals surface area (Å²) in [5, 5.41) is 0. The van der Waals surface area contributed by atoms with Crippen LogP contribution in [0.5, 0.6) is 0 Å². The van der Waals surface area contributed by atoms with E-state index in [1.54, 1.807) is 0 Å². The van der Waals surface area contributed by atoms with E-state index in [1.807, 2.05) is 12.4 Å². The summed E-state index contributed by atoms with van der Waals surface area (Å²) in [6, 6.07) is 0. The van der Waals surface area contributed by atoms with E-state index in [0.29, 0.717) is 0 Å². The van der Waals surface area contributed by atoms with E-state index in [0.717, 1.165) is 10.9 Å². The van der Waals surface area contributed by atoms with Crippen LogP contribution in [0.1, 0.15) is 11.1 Å². The van der Waals surface area contributed by atoms with Gasteiger partial charge in [-0.25, -0.2) is 0 Å². The standard InChI is InChI=1S/C8H6BrN/c9-8-5-10-4-6-2-1-3-7(6)8/h1-2,4-5H,3H2. The fourth-order valence-electron chi connectivity index (χ4n) is 1.14. The Morgan fingerprint density at radius 2 is 2.30 bits per heavy atom. The van der Waals surface area contributed by atoms with Crippen molar-refractivity contribution in [3.05, 3.63) is 34.1 Å². The van der Waals surface area contributed by atoms with Gasteiger partial charge in [0.2, 0.25) is 0 Å². The molecule has 0 aliphatic heterocycles. The molecule has 1 aromatic heterocycles. The zero-order valence-corrected chi connectivity index (χ0v) is 6.93. The van der Waals surface area contributed by atoms with Crippen LogP contribution in [-0.4, -0.2) is 4.98 Å². The van der Waals surface area contributed by atoms with E-state index in [2.05, 4.69) is 33.1 Å². The summed E-state index contributed by atoms with van der Waals surface area (Å²) in [6.07, 6.45) is 9.03. The van der Waals surface area contributed by atoms with E-state index in [1.165, 1.54) is 11.1 Å². The molecule has 10 heavy (non-hydrogen) atoms. The van der Waals surface area contributed by atoms with Crippen LogP contribution in [0.4, 0.5) is 0 Å². The minimum atomic E-state index is 1.04. The van der Waals surface area contributed by atoms with Crippen molar-refractivity contribution in [3.63, 3.8) is 0 Å². The molecule has 0 spiro atoms. The first-order chi connectivity index (χ1) is 4.88. The lowest BCUT2D eigenvalue weighted by atomic mass is 10.2. The van der Waals surface area contributed by atoms with Crippen molar-refractivity contribution in [2.45, 2.75) is 6.42 Å². The van der Waals surface area contributed by atoms with Gasteiger partial charge >= 0.3 is 0 Å². The highest BCUT2D eigenvalue weighted by molar-refractivity contribution is 9.10. The number of halogens is 1. The molecule has 0 fully saturated rings. The molecular weight excluding hydrogens is 190 g/mol. The number of rotatable bonds is 0. The highest BCUT2D eigenvalue weighted by Gasteiger charge is 2.07. The van der Waals surface area contributed by atoms with E-state index >= 15 is 0 Å². The van der Waals surface area contributed by atoms with Gasteiger partial charge in [-0.15, -0.1) is 0 Å². The average molecular weight is 196 g/mol. The quantitative estimate of drug-likeness (QED) is 0.620. The van der Waals surface area contributed by atoms with E-state index < -0.39 is 0 Å². The second kappa shape index (κ2) is 2.20. The van der Waals surface area contributed by atoms with Gasteiger partial charge in [-0.2, -0.15) is 0 Å². The molecule has 0 N–H and O–H groups in total. The summed E-state index contributed by atoms with van der Waals surface area (Å²) in [5.74, 6) is 0. The van der Waals surface area contributed by atoms with Crippen LogP contribution in [0, 0.1) is 0 Å². The van der Waals surface area contributed by atoms with Gasteiger partial charge in [0.25, 0.3) is 0 Å². The molecule has 0 radical (unpaired) electrons. The monoisotopic (exact) mass is 195 g/mol. The molecule has 2 heteroatoms. The number of nitrogens with zero attached hydrogens (tertiary/aromatic N) is 1. The van der Waals surface area contributed by atoms with Crippen LogP contribution in [0.25, 0.3) is 6.08 Å². The topological polar surface area (TPSA) is 12.9 Å². The summed E-state index contributed by atoms with van der Waals surface area (Å²) < 4.78 is 1.12. The lowest BCUT2D eigenvalue weighted by molar-refractivity contribution is 1.21. The molecule has 2 rings (SSSR count). The van der Waals surface area contributed by atoms with Gasteiger partial charge in [0.05, 0.1) is 0 Å². The van der Waals surface area contributed by atoms with Crippen molar-refractivity contribution < 1.29 is 0 Å². The lowest BCUT2D eigenvalue weighted by Gasteiger charge is -1.98. The van der Waals surface area contributed by atoms with Crippen LogP contribution in [0.3, 0.4) is 0 Å². The SMILES string of the molecule is Brc1cncc2c1CC=C2. The molecule has 0 unspecified atom stereocenters. The summed E-state index contributed by atoms with van der Waals surface area (Å²) in [5.41, 5.74) is 2.60. The third-order valence-corrected chi connectivity index (χ3v) is 2.34. The summed E-state index contributed by atoms with van der Waals surface area (Å²) in [4.78, 5) is 4.06. The van der Waals surface area contributed by atoms with E-state index in [4.69, 9.17) is 0 Å². The molecule has 1 heterocycles. The first kappa shape index (κ1) is 6.10. The Morgan fingerprint density at radius 3 is 3.10 bits per heavy atom. The van der Waals surface area contributed by atoms with Gasteiger partial charge in [0.15, 0.2) is 0 Å². The third-order valence-electron chi connectivity index (χ3n) is 1.66. The van der Waals surface area contributed by atoms with Gasteiger partial charge in [-0.05, 0) is 33.5 Å². The summed E-state index contributed by atoms with van der Waals surface area (Å²) >= 11 is 3.44. The van der Waals surface area contributed by atoms with Crippen molar-refractivity contribution in [3.8, 4) is 0 Å². The van der Waals surface area contributed by atoms with E-state index in [9.17, 15) is 0 Å². The Balaban J connectivity index is 2.66. The Kier molecular flexibility index (Phi) is 1.34. The Morgan fingerprint density at radius 1 is 1.40 bits per heavy atom. The normalized spacial score (nSPS) is 13.7. The molecular formula is C8H6BrN. The third kappa shape index (κ3) is 0.797. The van der Waals surface area contributed by atoms with Gasteiger partial charge in [-0.3, -0.25) is 4.98 Å². The predicted octanol–water partition coefficient (Wildman–Crippen LogP) is 2.41.